The molecule has 0 bridgehead atoms. The zero-order valence-electron chi connectivity index (χ0n) is 10.5. The van der Waals surface area contributed by atoms with Gasteiger partial charge < -0.3 is 5.11 Å². The third-order valence-corrected chi connectivity index (χ3v) is 4.54. The molecule has 0 aromatic carbocycles. The van der Waals surface area contributed by atoms with E-state index in [2.05, 4.69) is 24.0 Å². The topological polar surface area (TPSA) is 33.1 Å². The van der Waals surface area contributed by atoms with Crippen LogP contribution in [-0.2, 0) is 12.8 Å². The minimum atomic E-state index is -0.178. The third kappa shape index (κ3) is 2.37. The van der Waals surface area contributed by atoms with Crippen molar-refractivity contribution in [2.45, 2.75) is 45.1 Å². The minimum Gasteiger partial charge on any atom is -0.392 e. The van der Waals surface area contributed by atoms with Crippen LogP contribution in [-0.4, -0.2) is 16.2 Å². The number of aromatic nitrogens is 1. The molecule has 2 fully saturated rings. The number of aliphatic hydroxyl groups is 1. The second-order valence-corrected chi connectivity index (χ2v) is 5.77. The average Bonchev–Trinajstić information content (AvgIpc) is 2.97. The molecule has 1 heterocycles. The number of fused-ring (bicyclic) bond motifs is 1. The van der Waals surface area contributed by atoms with Crippen LogP contribution in [0, 0.1) is 17.8 Å². The average molecular weight is 231 g/mol. The number of aryl methyl sites for hydroxylation is 1. The van der Waals surface area contributed by atoms with Crippen LogP contribution in [0.1, 0.15) is 37.4 Å². The van der Waals surface area contributed by atoms with Gasteiger partial charge in [-0.25, -0.2) is 0 Å². The number of rotatable bonds is 4. The summed E-state index contributed by atoms with van der Waals surface area (Å²) in [5.41, 5.74) is 2.31. The predicted octanol–water partition coefficient (Wildman–Crippen LogP) is 2.59. The molecule has 2 nitrogen and oxygen atoms in total. The second kappa shape index (κ2) is 4.41. The van der Waals surface area contributed by atoms with Gasteiger partial charge in [0.2, 0.25) is 0 Å². The summed E-state index contributed by atoms with van der Waals surface area (Å²) >= 11 is 0. The van der Waals surface area contributed by atoms with E-state index in [0.717, 1.165) is 30.4 Å². The minimum absolute atomic E-state index is 0.178. The fourth-order valence-electron chi connectivity index (χ4n) is 3.24. The largest absolute Gasteiger partial charge is 0.392 e. The van der Waals surface area contributed by atoms with Gasteiger partial charge in [0, 0.05) is 18.3 Å². The van der Waals surface area contributed by atoms with Crippen LogP contribution in [0.25, 0.3) is 0 Å². The Kier molecular flexibility index (Phi) is 2.91. The molecule has 2 saturated carbocycles. The van der Waals surface area contributed by atoms with Crippen molar-refractivity contribution in [1.29, 1.82) is 0 Å². The predicted molar refractivity (Wildman–Crippen MR) is 67.6 cm³/mol. The Bertz CT molecular complexity index is 376. The standard InChI is InChI=1S/C15H21NO/c1-2-10-3-4-14(16-9-10)8-15(17)13-6-11-5-12(11)7-13/h3-4,9,11-13,15,17H,2,5-8H2,1H3. The molecule has 1 aromatic heterocycles. The zero-order valence-corrected chi connectivity index (χ0v) is 10.5. The van der Waals surface area contributed by atoms with E-state index in [1.165, 1.54) is 24.8 Å². The zero-order chi connectivity index (χ0) is 11.8. The van der Waals surface area contributed by atoms with Crippen molar-refractivity contribution in [3.8, 4) is 0 Å². The first-order chi connectivity index (χ1) is 8.26. The van der Waals surface area contributed by atoms with E-state index < -0.39 is 0 Å². The first-order valence-electron chi connectivity index (χ1n) is 6.88. The Morgan fingerprint density at radius 1 is 1.29 bits per heavy atom. The molecule has 17 heavy (non-hydrogen) atoms. The fraction of sp³-hybridized carbons (Fsp3) is 0.667. The highest BCUT2D eigenvalue weighted by atomic mass is 16.3. The number of aliphatic hydroxyl groups excluding tert-OH is 1. The van der Waals surface area contributed by atoms with Gasteiger partial charge in [-0.05, 0) is 55.1 Å². The van der Waals surface area contributed by atoms with E-state index in [1.54, 1.807) is 0 Å². The van der Waals surface area contributed by atoms with Crippen LogP contribution in [0.4, 0.5) is 0 Å². The Hall–Kier alpha value is -0.890. The molecule has 2 heteroatoms. The maximum atomic E-state index is 10.2. The van der Waals surface area contributed by atoms with Crippen molar-refractivity contribution < 1.29 is 5.11 Å². The maximum Gasteiger partial charge on any atom is 0.0623 e. The molecule has 0 saturated heterocycles. The van der Waals surface area contributed by atoms with E-state index >= 15 is 0 Å². The molecule has 0 spiro atoms. The van der Waals surface area contributed by atoms with Crippen LogP contribution in [0.3, 0.4) is 0 Å². The van der Waals surface area contributed by atoms with Gasteiger partial charge in [0.25, 0.3) is 0 Å². The quantitative estimate of drug-likeness (QED) is 0.864. The fourth-order valence-corrected chi connectivity index (χ4v) is 3.24. The Morgan fingerprint density at radius 3 is 2.65 bits per heavy atom. The highest BCUT2D eigenvalue weighted by molar-refractivity contribution is 5.14. The molecule has 2 aliphatic rings. The smallest absolute Gasteiger partial charge is 0.0623 e. The van der Waals surface area contributed by atoms with Gasteiger partial charge in [-0.15, -0.1) is 0 Å². The molecule has 92 valence electrons. The van der Waals surface area contributed by atoms with Gasteiger partial charge in [0.1, 0.15) is 0 Å². The van der Waals surface area contributed by atoms with Gasteiger partial charge in [-0.2, -0.15) is 0 Å². The summed E-state index contributed by atoms with van der Waals surface area (Å²) in [6.07, 6.45) is 7.44. The number of hydrogen-bond donors (Lipinski definition) is 1. The molecular weight excluding hydrogens is 210 g/mol. The van der Waals surface area contributed by atoms with Gasteiger partial charge in [-0.1, -0.05) is 13.0 Å². The lowest BCUT2D eigenvalue weighted by Gasteiger charge is -2.19. The van der Waals surface area contributed by atoms with Gasteiger partial charge in [-0.3, -0.25) is 4.98 Å². The molecule has 0 amide bonds. The first-order valence-corrected chi connectivity index (χ1v) is 6.88. The second-order valence-electron chi connectivity index (χ2n) is 5.77. The van der Waals surface area contributed by atoms with Crippen molar-refractivity contribution in [2.75, 3.05) is 0 Å². The molecule has 3 atom stereocenters. The van der Waals surface area contributed by atoms with Gasteiger partial charge in [0.05, 0.1) is 6.10 Å². The molecule has 3 rings (SSSR count). The van der Waals surface area contributed by atoms with E-state index in [9.17, 15) is 5.11 Å². The maximum absolute atomic E-state index is 10.2. The lowest BCUT2D eigenvalue weighted by molar-refractivity contribution is 0.103. The van der Waals surface area contributed by atoms with E-state index in [-0.39, 0.29) is 6.10 Å². The summed E-state index contributed by atoms with van der Waals surface area (Å²) in [6, 6.07) is 4.19. The summed E-state index contributed by atoms with van der Waals surface area (Å²) in [4.78, 5) is 4.43. The molecule has 1 aromatic rings. The Labute approximate surface area is 103 Å². The lowest BCUT2D eigenvalue weighted by Crippen LogP contribution is -2.22. The highest BCUT2D eigenvalue weighted by Crippen LogP contribution is 2.55. The van der Waals surface area contributed by atoms with Crippen LogP contribution < -0.4 is 0 Å². The molecule has 0 aliphatic heterocycles. The molecule has 2 aliphatic carbocycles. The monoisotopic (exact) mass is 231 g/mol. The van der Waals surface area contributed by atoms with Gasteiger partial charge >= 0.3 is 0 Å². The molecule has 1 N–H and O–H groups in total. The first kappa shape index (κ1) is 11.2. The van der Waals surface area contributed by atoms with E-state index in [1.807, 2.05) is 6.20 Å². The van der Waals surface area contributed by atoms with Crippen molar-refractivity contribution in [1.82, 2.24) is 4.98 Å². The Morgan fingerprint density at radius 2 is 2.06 bits per heavy atom. The van der Waals surface area contributed by atoms with Crippen LogP contribution in [0.5, 0.6) is 0 Å². The normalized spacial score (nSPS) is 32.2. The molecule has 0 radical (unpaired) electrons. The number of pyridine rings is 1. The molecular formula is C15H21NO. The lowest BCUT2D eigenvalue weighted by atomic mass is 9.93. The summed E-state index contributed by atoms with van der Waals surface area (Å²) in [6.45, 7) is 2.14. The SMILES string of the molecule is CCc1ccc(CC(O)C2CC3CC3C2)nc1. The summed E-state index contributed by atoms with van der Waals surface area (Å²) in [5.74, 6) is 2.43. The number of nitrogens with zero attached hydrogens (tertiary/aromatic N) is 1. The highest BCUT2D eigenvalue weighted by Gasteiger charge is 2.47. The van der Waals surface area contributed by atoms with Gasteiger partial charge in [0.15, 0.2) is 0 Å². The van der Waals surface area contributed by atoms with E-state index in [0.29, 0.717) is 5.92 Å². The van der Waals surface area contributed by atoms with Crippen molar-refractivity contribution in [2.24, 2.45) is 17.8 Å². The van der Waals surface area contributed by atoms with Crippen molar-refractivity contribution in [3.05, 3.63) is 29.6 Å². The summed E-state index contributed by atoms with van der Waals surface area (Å²) in [5, 5.41) is 10.2. The van der Waals surface area contributed by atoms with Crippen molar-refractivity contribution >= 4 is 0 Å². The third-order valence-electron chi connectivity index (χ3n) is 4.54. The number of hydrogen-bond acceptors (Lipinski definition) is 2. The van der Waals surface area contributed by atoms with Crippen LogP contribution in [0.15, 0.2) is 18.3 Å². The summed E-state index contributed by atoms with van der Waals surface area (Å²) < 4.78 is 0. The van der Waals surface area contributed by atoms with Crippen molar-refractivity contribution in [3.63, 3.8) is 0 Å². The Balaban J connectivity index is 1.57. The van der Waals surface area contributed by atoms with Crippen LogP contribution in [0.2, 0.25) is 0 Å². The summed E-state index contributed by atoms with van der Waals surface area (Å²) in [7, 11) is 0. The van der Waals surface area contributed by atoms with E-state index in [4.69, 9.17) is 0 Å². The van der Waals surface area contributed by atoms with Crippen LogP contribution >= 0.6 is 0 Å². The molecule has 3 unspecified atom stereocenters.